The molecule has 0 spiro atoms. The molecule has 2 N–H and O–H groups in total. The largest absolute Gasteiger partial charge is 0.396 e. The average molecular weight is 242 g/mol. The first-order chi connectivity index (χ1) is 8.19. The van der Waals surface area contributed by atoms with Gasteiger partial charge >= 0.3 is 0 Å². The summed E-state index contributed by atoms with van der Waals surface area (Å²) >= 11 is 0. The molecular weight excluding hydrogens is 212 g/mol. The van der Waals surface area contributed by atoms with Crippen molar-refractivity contribution < 1.29 is 5.11 Å². The van der Waals surface area contributed by atoms with E-state index in [4.69, 9.17) is 5.11 Å². The maximum Gasteiger partial charge on any atom is 0.0460 e. The fraction of sp³-hybridized carbons (Fsp3) is 1.00. The zero-order chi connectivity index (χ0) is 12.7. The minimum Gasteiger partial charge on any atom is -0.396 e. The Morgan fingerprint density at radius 1 is 1.24 bits per heavy atom. The highest BCUT2D eigenvalue weighted by Crippen LogP contribution is 2.28. The van der Waals surface area contributed by atoms with E-state index in [1.54, 1.807) is 0 Å². The van der Waals surface area contributed by atoms with Gasteiger partial charge in [-0.25, -0.2) is 0 Å². The third kappa shape index (κ3) is 4.23. The Labute approximate surface area is 107 Å². The lowest BCUT2D eigenvalue weighted by atomic mass is 9.81. The monoisotopic (exact) mass is 242 g/mol. The third-order valence-corrected chi connectivity index (χ3v) is 4.58. The number of nitrogens with one attached hydrogen (secondary N) is 1. The van der Waals surface area contributed by atoms with Crippen LogP contribution in [0.15, 0.2) is 0 Å². The minimum atomic E-state index is 0.372. The van der Waals surface area contributed by atoms with Crippen molar-refractivity contribution in [1.29, 1.82) is 0 Å². The number of likely N-dealkylation sites (tertiary alicyclic amines) is 1. The summed E-state index contributed by atoms with van der Waals surface area (Å²) in [6.07, 6.45) is 4.81. The molecule has 0 aliphatic carbocycles. The van der Waals surface area contributed by atoms with E-state index < -0.39 is 0 Å². The summed E-state index contributed by atoms with van der Waals surface area (Å²) < 4.78 is 0. The van der Waals surface area contributed by atoms with Gasteiger partial charge in [-0.1, -0.05) is 13.8 Å². The fourth-order valence-corrected chi connectivity index (χ4v) is 2.96. The zero-order valence-electron chi connectivity index (χ0n) is 11.8. The van der Waals surface area contributed by atoms with Gasteiger partial charge in [0.2, 0.25) is 0 Å². The van der Waals surface area contributed by atoms with Crippen LogP contribution in [0, 0.1) is 11.3 Å². The standard InChI is InChI=1S/C14H30N2O/c1-4-14(5-2,11-15-3)12-16-8-6-13(10-17)7-9-16/h13,15,17H,4-12H2,1-3H3. The quantitative estimate of drug-likeness (QED) is 0.713. The van der Waals surface area contributed by atoms with Crippen LogP contribution in [-0.4, -0.2) is 49.8 Å². The molecule has 0 aromatic carbocycles. The average Bonchev–Trinajstić information content (AvgIpc) is 2.39. The molecule has 1 rings (SSSR count). The molecule has 1 aliphatic rings. The molecule has 0 unspecified atom stereocenters. The summed E-state index contributed by atoms with van der Waals surface area (Å²) in [6, 6.07) is 0. The maximum absolute atomic E-state index is 9.16. The van der Waals surface area contributed by atoms with E-state index in [0.717, 1.165) is 19.6 Å². The smallest absolute Gasteiger partial charge is 0.0460 e. The van der Waals surface area contributed by atoms with Crippen molar-refractivity contribution in [2.45, 2.75) is 39.5 Å². The Kier molecular flexibility index (Phi) is 6.45. The molecule has 1 heterocycles. The van der Waals surface area contributed by atoms with Crippen LogP contribution >= 0.6 is 0 Å². The van der Waals surface area contributed by atoms with Crippen molar-refractivity contribution in [3.63, 3.8) is 0 Å². The molecule has 0 atom stereocenters. The van der Waals surface area contributed by atoms with Crippen molar-refractivity contribution in [2.24, 2.45) is 11.3 Å². The second kappa shape index (κ2) is 7.34. The van der Waals surface area contributed by atoms with Gasteiger partial charge in [-0.2, -0.15) is 0 Å². The molecule has 1 aliphatic heterocycles. The lowest BCUT2D eigenvalue weighted by Crippen LogP contribution is -2.46. The molecule has 1 saturated heterocycles. The molecule has 0 saturated carbocycles. The third-order valence-electron chi connectivity index (χ3n) is 4.58. The van der Waals surface area contributed by atoms with Crippen LogP contribution < -0.4 is 5.32 Å². The summed E-state index contributed by atoms with van der Waals surface area (Å²) in [5, 5.41) is 12.5. The second-order valence-electron chi connectivity index (χ2n) is 5.64. The number of piperidine rings is 1. The molecule has 0 aromatic heterocycles. The summed E-state index contributed by atoms with van der Waals surface area (Å²) in [5.41, 5.74) is 0.431. The fourth-order valence-electron chi connectivity index (χ4n) is 2.96. The highest BCUT2D eigenvalue weighted by atomic mass is 16.3. The van der Waals surface area contributed by atoms with Crippen LogP contribution in [0.4, 0.5) is 0 Å². The Bertz CT molecular complexity index is 196. The molecule has 102 valence electrons. The van der Waals surface area contributed by atoms with Gasteiger partial charge in [0.25, 0.3) is 0 Å². The number of rotatable bonds is 7. The topological polar surface area (TPSA) is 35.5 Å². The van der Waals surface area contributed by atoms with Crippen LogP contribution in [0.3, 0.4) is 0 Å². The normalized spacial score (nSPS) is 19.8. The van der Waals surface area contributed by atoms with Crippen molar-refractivity contribution in [1.82, 2.24) is 10.2 Å². The predicted molar refractivity (Wildman–Crippen MR) is 73.2 cm³/mol. The number of aliphatic hydroxyl groups is 1. The molecule has 3 heteroatoms. The van der Waals surface area contributed by atoms with Crippen LogP contribution in [0.25, 0.3) is 0 Å². The first-order valence-corrected chi connectivity index (χ1v) is 7.17. The Hall–Kier alpha value is -0.120. The second-order valence-corrected chi connectivity index (χ2v) is 5.64. The SMILES string of the molecule is CCC(CC)(CNC)CN1CCC(CO)CC1. The van der Waals surface area contributed by atoms with Crippen LogP contribution in [-0.2, 0) is 0 Å². The number of aliphatic hydroxyl groups excluding tert-OH is 1. The minimum absolute atomic E-state index is 0.372. The Balaban J connectivity index is 2.45. The number of hydrogen-bond donors (Lipinski definition) is 2. The summed E-state index contributed by atoms with van der Waals surface area (Å²) in [4.78, 5) is 2.59. The maximum atomic E-state index is 9.16. The van der Waals surface area contributed by atoms with Gasteiger partial charge in [0.05, 0.1) is 0 Å². The first kappa shape index (κ1) is 14.9. The Morgan fingerprint density at radius 2 is 1.82 bits per heavy atom. The van der Waals surface area contributed by atoms with Crippen molar-refractivity contribution in [2.75, 3.05) is 39.8 Å². The van der Waals surface area contributed by atoms with Gasteiger partial charge in [0.15, 0.2) is 0 Å². The van der Waals surface area contributed by atoms with Gasteiger partial charge in [-0.15, -0.1) is 0 Å². The van der Waals surface area contributed by atoms with E-state index in [2.05, 4.69) is 31.1 Å². The lowest BCUT2D eigenvalue weighted by molar-refractivity contribution is 0.0834. The summed E-state index contributed by atoms with van der Waals surface area (Å²) in [6.45, 7) is 9.63. The highest BCUT2D eigenvalue weighted by molar-refractivity contribution is 4.84. The molecule has 0 amide bonds. The van der Waals surface area contributed by atoms with Crippen molar-refractivity contribution in [3.05, 3.63) is 0 Å². The molecule has 1 fully saturated rings. The number of nitrogens with zero attached hydrogens (tertiary/aromatic N) is 1. The summed E-state index contributed by atoms with van der Waals surface area (Å²) in [5.74, 6) is 0.549. The van der Waals surface area contributed by atoms with E-state index in [-0.39, 0.29) is 0 Å². The van der Waals surface area contributed by atoms with Crippen LogP contribution in [0.2, 0.25) is 0 Å². The molecule has 0 bridgehead atoms. The van der Waals surface area contributed by atoms with Crippen molar-refractivity contribution in [3.8, 4) is 0 Å². The van der Waals surface area contributed by atoms with E-state index >= 15 is 0 Å². The molecule has 17 heavy (non-hydrogen) atoms. The molecular formula is C14H30N2O. The Morgan fingerprint density at radius 3 is 2.24 bits per heavy atom. The van der Waals surface area contributed by atoms with Crippen molar-refractivity contribution >= 4 is 0 Å². The summed E-state index contributed by atoms with van der Waals surface area (Å²) in [7, 11) is 2.05. The highest BCUT2D eigenvalue weighted by Gasteiger charge is 2.29. The first-order valence-electron chi connectivity index (χ1n) is 7.17. The molecule has 0 radical (unpaired) electrons. The van der Waals surface area contributed by atoms with E-state index in [1.807, 2.05) is 0 Å². The van der Waals surface area contributed by atoms with Crippen LogP contribution in [0.1, 0.15) is 39.5 Å². The number of hydrogen-bond acceptors (Lipinski definition) is 3. The lowest BCUT2D eigenvalue weighted by Gasteiger charge is -2.40. The van der Waals surface area contributed by atoms with E-state index in [0.29, 0.717) is 17.9 Å². The van der Waals surface area contributed by atoms with Crippen LogP contribution in [0.5, 0.6) is 0 Å². The van der Waals surface area contributed by atoms with Gasteiger partial charge in [0, 0.05) is 19.7 Å². The zero-order valence-corrected chi connectivity index (χ0v) is 11.8. The molecule has 0 aromatic rings. The van der Waals surface area contributed by atoms with Gasteiger partial charge in [0.1, 0.15) is 0 Å². The van der Waals surface area contributed by atoms with Gasteiger partial charge in [-0.05, 0) is 57.2 Å². The van der Waals surface area contributed by atoms with E-state index in [9.17, 15) is 0 Å². The van der Waals surface area contributed by atoms with Gasteiger partial charge in [-0.3, -0.25) is 0 Å². The predicted octanol–water partition coefficient (Wildman–Crippen LogP) is 1.72. The van der Waals surface area contributed by atoms with Gasteiger partial charge < -0.3 is 15.3 Å². The van der Waals surface area contributed by atoms with E-state index in [1.165, 1.54) is 32.2 Å². The molecule has 3 nitrogen and oxygen atoms in total.